The van der Waals surface area contributed by atoms with Gasteiger partial charge in [0.25, 0.3) is 0 Å². The van der Waals surface area contributed by atoms with Gasteiger partial charge in [-0.25, -0.2) is 0 Å². The van der Waals surface area contributed by atoms with Gasteiger partial charge < -0.3 is 34.8 Å². The van der Waals surface area contributed by atoms with Crippen LogP contribution in [0, 0.1) is 31.6 Å². The summed E-state index contributed by atoms with van der Waals surface area (Å²) >= 11 is 0. The summed E-state index contributed by atoms with van der Waals surface area (Å²) in [7, 11) is 1.30. The number of ketones is 1. The van der Waals surface area contributed by atoms with Gasteiger partial charge in [0.05, 0.1) is 30.1 Å². The summed E-state index contributed by atoms with van der Waals surface area (Å²) in [6, 6.07) is -0.464. The number of aromatic nitrogens is 3. The van der Waals surface area contributed by atoms with Gasteiger partial charge in [0, 0.05) is 56.8 Å². The van der Waals surface area contributed by atoms with E-state index < -0.39 is 17.9 Å². The van der Waals surface area contributed by atoms with Crippen LogP contribution in [0.15, 0.2) is 23.9 Å². The zero-order valence-corrected chi connectivity index (χ0v) is 29.8. The molecule has 5 heterocycles. The number of aromatic amines is 3. The van der Waals surface area contributed by atoms with E-state index in [9.17, 15) is 19.5 Å². The second-order valence-electron chi connectivity index (χ2n) is 13.7. The molecule has 3 aromatic rings. The van der Waals surface area contributed by atoms with Gasteiger partial charge in [-0.15, -0.1) is 0 Å². The van der Waals surface area contributed by atoms with E-state index in [4.69, 9.17) is 9.47 Å². The highest BCUT2D eigenvalue weighted by atomic mass is 16.5. The summed E-state index contributed by atoms with van der Waals surface area (Å²) in [4.78, 5) is 51.2. The highest BCUT2D eigenvalue weighted by Gasteiger charge is 2.49. The van der Waals surface area contributed by atoms with Crippen molar-refractivity contribution in [3.63, 3.8) is 0 Å². The van der Waals surface area contributed by atoms with Gasteiger partial charge in [0.15, 0.2) is 5.78 Å². The molecule has 50 heavy (non-hydrogen) atoms. The van der Waals surface area contributed by atoms with Gasteiger partial charge in [-0.1, -0.05) is 32.1 Å². The first-order valence-corrected chi connectivity index (χ1v) is 17.2. The monoisotopic (exact) mass is 678 g/mol. The van der Waals surface area contributed by atoms with E-state index in [1.807, 2.05) is 58.9 Å². The standard InChI is InChI=1S/C40H46N4O6/c1-9-23-20(5)27-15-28-21(6)25(11-12-33(46)50-14-13-19(3)4)37(43-28)35-36(40(48)49-8)39(47)34-22(7)29(44-38(34)35)16-31-24(10-2)26(18-45)32(42-31)17-30(23)41-27/h9,13,15-18,21,25,36-37,41-45H,1,10-12,14H2,2-8H3/b26-18-,28-15+,29-16-,32-17-/t21-,25-,36+,37?/m0/s1. The highest BCUT2D eigenvalue weighted by Crippen LogP contribution is 2.42. The largest absolute Gasteiger partial charge is 0.515 e. The molecule has 3 aromatic heterocycles. The lowest BCUT2D eigenvalue weighted by molar-refractivity contribution is -0.143. The number of hydrogen-bond donors (Lipinski definition) is 5. The Morgan fingerprint density at radius 2 is 1.76 bits per heavy atom. The number of nitrogens with one attached hydrogen (secondary N) is 4. The van der Waals surface area contributed by atoms with Crippen LogP contribution in [-0.2, 0) is 25.5 Å². The molecule has 0 radical (unpaired) electrons. The zero-order valence-electron chi connectivity index (χ0n) is 29.8. The molecule has 1 saturated heterocycles. The SMILES string of the molecule is C=Cc1c2[nH]c(c1C)/C=C1/NC(C3=c4[nH]/c(c(C)c4C(=O)[C@@H]3C(=O)OC)=C\c3[nH]c(/c(=C\O)c3CC)=C\2)[C@@H](CCC(=O)OCC=C(C)C)[C@@H]1C. The van der Waals surface area contributed by atoms with Gasteiger partial charge in [-0.3, -0.25) is 14.4 Å². The number of aliphatic hydroxyl groups excluding tert-OH is 1. The molecule has 4 atom stereocenters. The first-order chi connectivity index (χ1) is 23.9. The average molecular weight is 679 g/mol. The van der Waals surface area contributed by atoms with Gasteiger partial charge in [0.2, 0.25) is 0 Å². The van der Waals surface area contributed by atoms with Crippen LogP contribution < -0.4 is 26.6 Å². The normalized spacial score (nSPS) is 23.3. The Balaban J connectivity index is 1.63. The maximum atomic E-state index is 14.2. The molecule has 1 fully saturated rings. The molecule has 1 aliphatic carbocycles. The predicted molar refractivity (Wildman–Crippen MR) is 194 cm³/mol. The molecule has 0 saturated carbocycles. The summed E-state index contributed by atoms with van der Waals surface area (Å²) < 4.78 is 10.7. The Morgan fingerprint density at radius 1 is 1.02 bits per heavy atom. The van der Waals surface area contributed by atoms with Crippen molar-refractivity contribution >= 4 is 53.9 Å². The number of aliphatic hydroxyl groups is 1. The molecule has 0 spiro atoms. The van der Waals surface area contributed by atoms with Crippen LogP contribution in [-0.4, -0.2) is 57.5 Å². The fraction of sp³-hybridized carbons (Fsp3) is 0.375. The van der Waals surface area contributed by atoms with Gasteiger partial charge in [-0.2, -0.15) is 0 Å². The molecule has 3 aliphatic rings. The van der Waals surface area contributed by atoms with Crippen molar-refractivity contribution in [2.45, 2.75) is 66.8 Å². The van der Waals surface area contributed by atoms with Crippen LogP contribution in [0.4, 0.5) is 0 Å². The van der Waals surface area contributed by atoms with Crippen LogP contribution in [0.2, 0.25) is 0 Å². The van der Waals surface area contributed by atoms with E-state index in [2.05, 4.69) is 39.8 Å². The number of allylic oxidation sites excluding steroid dienone is 2. The van der Waals surface area contributed by atoms with Gasteiger partial charge in [-0.05, 0) is 93.0 Å². The molecule has 1 unspecified atom stereocenters. The lowest BCUT2D eigenvalue weighted by Crippen LogP contribution is -2.38. The van der Waals surface area contributed by atoms with E-state index in [1.54, 1.807) is 0 Å². The predicted octanol–water partition coefficient (Wildman–Crippen LogP) is 3.45. The van der Waals surface area contributed by atoms with Gasteiger partial charge >= 0.3 is 11.9 Å². The Hall–Kier alpha value is -5.25. The van der Waals surface area contributed by atoms with Crippen molar-refractivity contribution in [3.8, 4) is 0 Å². The quantitative estimate of drug-likeness (QED) is 0.139. The van der Waals surface area contributed by atoms with Crippen molar-refractivity contribution in [2.75, 3.05) is 13.7 Å². The minimum atomic E-state index is -1.14. The summed E-state index contributed by atoms with van der Waals surface area (Å²) in [5.74, 6) is -2.62. The number of ether oxygens (including phenoxy) is 2. The molecule has 262 valence electrons. The van der Waals surface area contributed by atoms with Crippen molar-refractivity contribution in [1.82, 2.24) is 20.3 Å². The molecular formula is C40H46N4O6. The van der Waals surface area contributed by atoms with Crippen molar-refractivity contribution < 1.29 is 29.0 Å². The number of hydrogen-bond acceptors (Lipinski definition) is 7. The van der Waals surface area contributed by atoms with E-state index in [1.165, 1.54) is 7.11 Å². The van der Waals surface area contributed by atoms with Crippen LogP contribution in [0.25, 0.3) is 36.1 Å². The molecule has 2 aliphatic heterocycles. The topological polar surface area (TPSA) is 149 Å². The zero-order chi connectivity index (χ0) is 36.0. The maximum absolute atomic E-state index is 14.2. The summed E-state index contributed by atoms with van der Waals surface area (Å²) in [6.07, 6.45) is 12.1. The number of H-pyrrole nitrogens is 3. The van der Waals surface area contributed by atoms with Gasteiger partial charge in [0.1, 0.15) is 12.5 Å². The second-order valence-corrected chi connectivity index (χ2v) is 13.7. The molecule has 0 amide bonds. The molecular weight excluding hydrogens is 632 g/mol. The Morgan fingerprint density at radius 3 is 2.42 bits per heavy atom. The molecule has 5 N–H and O–H groups in total. The third-order valence-corrected chi connectivity index (χ3v) is 10.6. The van der Waals surface area contributed by atoms with E-state index in [0.717, 1.165) is 56.7 Å². The number of rotatable bonds is 8. The van der Waals surface area contributed by atoms with Crippen LogP contribution in [0.1, 0.15) is 90.2 Å². The molecule has 10 nitrogen and oxygen atoms in total. The first kappa shape index (κ1) is 34.6. The minimum Gasteiger partial charge on any atom is -0.515 e. The number of Topliss-reactive ketones (excluding diaryl/α,β-unsaturated/α-hetero) is 1. The third kappa shape index (κ3) is 5.76. The minimum absolute atomic E-state index is 0.0798. The summed E-state index contributed by atoms with van der Waals surface area (Å²) in [5.41, 5.74) is 9.08. The average Bonchev–Trinajstić information content (AvgIpc) is 3.83. The number of carbonyl (C=O) groups excluding carboxylic acids is 3. The third-order valence-electron chi connectivity index (χ3n) is 10.6. The fourth-order valence-corrected chi connectivity index (χ4v) is 7.87. The van der Waals surface area contributed by atoms with Crippen molar-refractivity contribution in [1.29, 1.82) is 0 Å². The molecule has 10 heteroatoms. The number of methoxy groups -OCH3 is 1. The lowest BCUT2D eigenvalue weighted by Gasteiger charge is -2.25. The number of carbonyl (C=O) groups is 3. The molecule has 6 rings (SSSR count). The Labute approximate surface area is 291 Å². The molecule has 8 bridgehead atoms. The first-order valence-electron chi connectivity index (χ1n) is 17.2. The highest BCUT2D eigenvalue weighted by molar-refractivity contribution is 6.19. The Kier molecular flexibility index (Phi) is 9.39. The fourth-order valence-electron chi connectivity index (χ4n) is 7.87. The summed E-state index contributed by atoms with van der Waals surface area (Å²) in [5, 5.41) is 16.8. The van der Waals surface area contributed by atoms with Crippen LogP contribution in [0.3, 0.4) is 0 Å². The number of fused-ring (bicyclic) bond motifs is 8. The smallest absolute Gasteiger partial charge is 0.320 e. The summed E-state index contributed by atoms with van der Waals surface area (Å²) in [6.45, 7) is 16.2. The Bertz CT molecular complexity index is 2240. The maximum Gasteiger partial charge on any atom is 0.320 e. The van der Waals surface area contributed by atoms with E-state index in [-0.39, 0.29) is 36.6 Å². The van der Waals surface area contributed by atoms with Crippen LogP contribution >= 0.6 is 0 Å². The van der Waals surface area contributed by atoms with E-state index >= 15 is 0 Å². The number of esters is 2. The van der Waals surface area contributed by atoms with Crippen molar-refractivity contribution in [3.05, 3.63) is 90.1 Å². The molecule has 0 aromatic carbocycles. The van der Waals surface area contributed by atoms with E-state index in [0.29, 0.717) is 45.5 Å². The second kappa shape index (κ2) is 13.6. The lowest BCUT2D eigenvalue weighted by atomic mass is 9.80. The van der Waals surface area contributed by atoms with Crippen LogP contribution in [0.5, 0.6) is 0 Å². The van der Waals surface area contributed by atoms with Crippen molar-refractivity contribution in [2.24, 2.45) is 17.8 Å².